The summed E-state index contributed by atoms with van der Waals surface area (Å²) in [6, 6.07) is 20.3. The lowest BCUT2D eigenvalue weighted by Gasteiger charge is -2.43. The number of pyridine rings is 1. The quantitative estimate of drug-likeness (QED) is 0.217. The molecule has 4 aromatic rings. The number of hydrogen-bond acceptors (Lipinski definition) is 7. The van der Waals surface area contributed by atoms with Crippen LogP contribution in [0.2, 0.25) is 0 Å². The van der Waals surface area contributed by atoms with E-state index in [1.165, 1.54) is 25.0 Å². The van der Waals surface area contributed by atoms with Crippen molar-refractivity contribution < 1.29 is 13.2 Å². The Morgan fingerprint density at radius 2 is 1.46 bits per heavy atom. The fourth-order valence-electron chi connectivity index (χ4n) is 6.73. The van der Waals surface area contributed by atoms with Crippen LogP contribution in [0.3, 0.4) is 0 Å². The Labute approximate surface area is 269 Å². The maximum atomic E-state index is 13.2. The molecule has 0 saturated carbocycles. The number of anilines is 3. The van der Waals surface area contributed by atoms with Crippen LogP contribution in [0.25, 0.3) is 11.3 Å². The van der Waals surface area contributed by atoms with E-state index in [1.807, 2.05) is 26.0 Å². The molecule has 0 atom stereocenters. The van der Waals surface area contributed by atoms with E-state index < -0.39 is 11.7 Å². The van der Waals surface area contributed by atoms with Gasteiger partial charge in [-0.25, -0.2) is 9.97 Å². The first kappa shape index (κ1) is 31.9. The van der Waals surface area contributed by atoms with E-state index in [9.17, 15) is 13.2 Å². The summed E-state index contributed by atoms with van der Waals surface area (Å²) in [6.07, 6.45) is 1.75. The fraction of sp³-hybridized carbons (Fsp3) is 0.417. The highest BCUT2D eigenvalue weighted by molar-refractivity contribution is 5.62. The molecule has 2 saturated heterocycles. The van der Waals surface area contributed by atoms with E-state index in [0.717, 1.165) is 79.5 Å². The summed E-state index contributed by atoms with van der Waals surface area (Å²) in [6.45, 7) is 8.96. The standard InChI is InChI=1S/C36H42F3N7/c1-25-22-31(23-26(2)41-25)42-30-10-4-27(5-11-30)24-46(33-15-20-45(21-16-33)32-13-18-44(3)19-14-32)35-40-17-12-34(43-35)28-6-8-29(9-7-28)36(37,38)39/h4-12,17,22-23,32-33H,13-16,18-21,24H2,1-3H3,(H,41,42). The number of halogens is 3. The summed E-state index contributed by atoms with van der Waals surface area (Å²) < 4.78 is 39.6. The van der Waals surface area contributed by atoms with Gasteiger partial charge >= 0.3 is 6.18 Å². The van der Waals surface area contributed by atoms with Crippen molar-refractivity contribution in [3.63, 3.8) is 0 Å². The second-order valence-electron chi connectivity index (χ2n) is 12.7. The molecule has 10 heteroatoms. The first-order chi connectivity index (χ1) is 22.1. The van der Waals surface area contributed by atoms with Gasteiger partial charge in [-0.15, -0.1) is 0 Å². The van der Waals surface area contributed by atoms with Gasteiger partial charge in [-0.2, -0.15) is 13.2 Å². The summed E-state index contributed by atoms with van der Waals surface area (Å²) in [7, 11) is 2.20. The molecule has 2 fully saturated rings. The normalized spacial score (nSPS) is 17.3. The molecule has 2 aromatic heterocycles. The van der Waals surface area contributed by atoms with Gasteiger partial charge in [0.1, 0.15) is 0 Å². The number of likely N-dealkylation sites (tertiary alicyclic amines) is 2. The predicted molar refractivity (Wildman–Crippen MR) is 177 cm³/mol. The second kappa shape index (κ2) is 13.8. The molecule has 2 aliphatic heterocycles. The highest BCUT2D eigenvalue weighted by Crippen LogP contribution is 2.32. The molecule has 7 nitrogen and oxygen atoms in total. The molecule has 0 unspecified atom stereocenters. The summed E-state index contributed by atoms with van der Waals surface area (Å²) in [5.74, 6) is 0.597. The summed E-state index contributed by atoms with van der Waals surface area (Å²) in [5, 5.41) is 3.48. The van der Waals surface area contributed by atoms with Crippen LogP contribution in [0.5, 0.6) is 0 Å². The summed E-state index contributed by atoms with van der Waals surface area (Å²) in [5.41, 5.74) is 5.63. The van der Waals surface area contributed by atoms with Gasteiger partial charge in [0.15, 0.2) is 0 Å². The molecule has 0 aliphatic carbocycles. The third-order valence-corrected chi connectivity index (χ3v) is 9.23. The first-order valence-electron chi connectivity index (χ1n) is 16.1. The monoisotopic (exact) mass is 629 g/mol. The van der Waals surface area contributed by atoms with Gasteiger partial charge in [-0.05, 0) is 108 Å². The maximum absolute atomic E-state index is 13.2. The first-order valence-corrected chi connectivity index (χ1v) is 16.1. The molecule has 0 bridgehead atoms. The van der Waals surface area contributed by atoms with E-state index in [2.05, 4.69) is 56.3 Å². The molecule has 2 aliphatic rings. The number of aromatic nitrogens is 3. The van der Waals surface area contributed by atoms with Crippen molar-refractivity contribution in [2.75, 3.05) is 43.4 Å². The van der Waals surface area contributed by atoms with Gasteiger partial charge in [0.05, 0.1) is 11.3 Å². The Kier molecular flexibility index (Phi) is 9.56. The number of rotatable bonds is 8. The van der Waals surface area contributed by atoms with Crippen molar-refractivity contribution in [2.24, 2.45) is 0 Å². The van der Waals surface area contributed by atoms with Gasteiger partial charge in [-0.3, -0.25) is 4.98 Å². The Bertz CT molecular complexity index is 1570. The highest BCUT2D eigenvalue weighted by atomic mass is 19.4. The van der Waals surface area contributed by atoms with Gasteiger partial charge in [-0.1, -0.05) is 24.3 Å². The van der Waals surface area contributed by atoms with Crippen molar-refractivity contribution in [3.8, 4) is 11.3 Å². The zero-order chi connectivity index (χ0) is 32.3. The lowest BCUT2D eigenvalue weighted by Crippen LogP contribution is -2.51. The largest absolute Gasteiger partial charge is 0.416 e. The third kappa shape index (κ3) is 7.85. The van der Waals surface area contributed by atoms with Crippen LogP contribution in [0, 0.1) is 13.8 Å². The van der Waals surface area contributed by atoms with E-state index in [0.29, 0.717) is 29.8 Å². The van der Waals surface area contributed by atoms with Crippen LogP contribution < -0.4 is 10.2 Å². The smallest absolute Gasteiger partial charge is 0.355 e. The van der Waals surface area contributed by atoms with Crippen molar-refractivity contribution in [2.45, 2.75) is 64.3 Å². The average Bonchev–Trinajstić information content (AvgIpc) is 3.04. The van der Waals surface area contributed by atoms with Crippen LogP contribution in [0.4, 0.5) is 30.5 Å². The Hall–Kier alpha value is -4.02. The molecule has 0 radical (unpaired) electrons. The lowest BCUT2D eigenvalue weighted by molar-refractivity contribution is -0.137. The van der Waals surface area contributed by atoms with Crippen molar-refractivity contribution in [1.29, 1.82) is 0 Å². The van der Waals surface area contributed by atoms with Gasteiger partial charge in [0.25, 0.3) is 0 Å². The summed E-state index contributed by atoms with van der Waals surface area (Å²) in [4.78, 5) is 21.4. The minimum Gasteiger partial charge on any atom is -0.355 e. The molecule has 0 spiro atoms. The van der Waals surface area contributed by atoms with Gasteiger partial charge in [0, 0.05) is 66.2 Å². The van der Waals surface area contributed by atoms with E-state index >= 15 is 0 Å². The zero-order valence-electron chi connectivity index (χ0n) is 26.8. The number of hydrogen-bond donors (Lipinski definition) is 1. The molecular formula is C36H42F3N7. The number of nitrogens with one attached hydrogen (secondary N) is 1. The van der Waals surface area contributed by atoms with Crippen LogP contribution in [-0.4, -0.2) is 70.1 Å². The van der Waals surface area contributed by atoms with Gasteiger partial charge < -0.3 is 20.0 Å². The molecular weight excluding hydrogens is 587 g/mol. The highest BCUT2D eigenvalue weighted by Gasteiger charge is 2.32. The Morgan fingerprint density at radius 1 is 0.804 bits per heavy atom. The SMILES string of the molecule is Cc1cc(Nc2ccc(CN(c3nccc(-c4ccc(C(F)(F)F)cc4)n3)C3CCN(C4CCN(C)CC4)CC3)cc2)cc(C)n1. The van der Waals surface area contributed by atoms with Crippen LogP contribution in [-0.2, 0) is 12.7 Å². The minimum atomic E-state index is -4.38. The maximum Gasteiger partial charge on any atom is 0.416 e. The van der Waals surface area contributed by atoms with Gasteiger partial charge in [0.2, 0.25) is 5.95 Å². The number of alkyl halides is 3. The number of piperidine rings is 2. The summed E-state index contributed by atoms with van der Waals surface area (Å²) >= 11 is 0. The van der Waals surface area contributed by atoms with E-state index in [4.69, 9.17) is 9.97 Å². The topological polar surface area (TPSA) is 60.4 Å². The molecule has 1 N–H and O–H groups in total. The molecule has 0 amide bonds. The average molecular weight is 630 g/mol. The third-order valence-electron chi connectivity index (χ3n) is 9.23. The molecule has 4 heterocycles. The number of benzene rings is 2. The van der Waals surface area contributed by atoms with Crippen LogP contribution in [0.1, 0.15) is 48.2 Å². The number of aryl methyl sites for hydroxylation is 2. The Morgan fingerprint density at radius 3 is 2.09 bits per heavy atom. The molecule has 242 valence electrons. The van der Waals surface area contributed by atoms with E-state index in [-0.39, 0.29) is 6.04 Å². The van der Waals surface area contributed by atoms with Crippen LogP contribution >= 0.6 is 0 Å². The molecule has 46 heavy (non-hydrogen) atoms. The predicted octanol–water partition coefficient (Wildman–Crippen LogP) is 7.48. The second-order valence-corrected chi connectivity index (χ2v) is 12.7. The lowest BCUT2D eigenvalue weighted by atomic mass is 9.97. The molecule has 2 aromatic carbocycles. The zero-order valence-corrected chi connectivity index (χ0v) is 26.8. The fourth-order valence-corrected chi connectivity index (χ4v) is 6.73. The van der Waals surface area contributed by atoms with E-state index in [1.54, 1.807) is 12.3 Å². The van der Waals surface area contributed by atoms with Crippen molar-refractivity contribution in [3.05, 3.63) is 95.4 Å². The minimum absolute atomic E-state index is 0.242. The van der Waals surface area contributed by atoms with Crippen molar-refractivity contribution in [1.82, 2.24) is 24.8 Å². The van der Waals surface area contributed by atoms with Crippen molar-refractivity contribution >= 4 is 17.3 Å². The molecule has 6 rings (SSSR count). The number of nitrogens with zero attached hydrogens (tertiary/aromatic N) is 6. The Balaban J connectivity index is 1.22. The van der Waals surface area contributed by atoms with Crippen LogP contribution in [0.15, 0.2) is 72.9 Å².